The molecule has 4 nitrogen and oxygen atoms in total. The second-order valence-electron chi connectivity index (χ2n) is 12.6. The van der Waals surface area contributed by atoms with Gasteiger partial charge in [0.1, 0.15) is 5.44 Å². The van der Waals surface area contributed by atoms with Crippen LogP contribution in [0, 0.1) is 39.9 Å². The van der Waals surface area contributed by atoms with Crippen LogP contribution in [-0.4, -0.2) is 38.1 Å². The van der Waals surface area contributed by atoms with Gasteiger partial charge < -0.3 is 15.3 Å². The smallest absolute Gasteiger partial charge is 0.309 e. The zero-order chi connectivity index (χ0) is 22.7. The van der Waals surface area contributed by atoms with Gasteiger partial charge in [-0.25, -0.2) is 0 Å². The fraction of sp³-hybridized carbons (Fsp3) is 0.962. The highest BCUT2D eigenvalue weighted by Gasteiger charge is 2.64. The van der Waals surface area contributed by atoms with E-state index in [0.29, 0.717) is 23.5 Å². The van der Waals surface area contributed by atoms with Gasteiger partial charge in [0.25, 0.3) is 0 Å². The SMILES string of the molecule is CC(C)(CSC(O)C[C@@]1(O)CCC2C3CCC4CCCC[C@]4(C)C3CC[C@@]21C)C(=O)O. The average Bonchev–Trinajstić information content (AvgIpc) is 2.96. The van der Waals surface area contributed by atoms with E-state index in [-0.39, 0.29) is 5.41 Å². The fourth-order valence-corrected chi connectivity index (χ4v) is 9.58. The van der Waals surface area contributed by atoms with E-state index in [9.17, 15) is 20.1 Å². The standard InChI is InChI=1S/C26H44O4S/c1-23(2,22(28)29)16-31-21(27)15-26(30)14-11-20-18-9-8-17-7-5-6-12-24(17,3)19(18)10-13-25(20,26)4/h17-21,27,30H,5-16H2,1-4H3,(H,28,29)/t17?,18?,19?,20?,21?,24-,25-,26-/m0/s1. The second-order valence-corrected chi connectivity index (χ2v) is 13.8. The van der Waals surface area contributed by atoms with Gasteiger partial charge in [-0.1, -0.05) is 26.7 Å². The summed E-state index contributed by atoms with van der Waals surface area (Å²) in [4.78, 5) is 11.4. The van der Waals surface area contributed by atoms with E-state index in [1.54, 1.807) is 13.8 Å². The van der Waals surface area contributed by atoms with Gasteiger partial charge in [0, 0.05) is 12.2 Å². The summed E-state index contributed by atoms with van der Waals surface area (Å²) in [6.07, 6.45) is 12.8. The molecule has 4 rings (SSSR count). The summed E-state index contributed by atoms with van der Waals surface area (Å²) in [5.74, 6) is 2.51. The van der Waals surface area contributed by atoms with Gasteiger partial charge in [-0.3, -0.25) is 4.79 Å². The predicted molar refractivity (Wildman–Crippen MR) is 126 cm³/mol. The van der Waals surface area contributed by atoms with E-state index in [1.807, 2.05) is 0 Å². The van der Waals surface area contributed by atoms with Crippen LogP contribution in [0.1, 0.15) is 98.3 Å². The molecule has 4 saturated carbocycles. The van der Waals surface area contributed by atoms with Crippen molar-refractivity contribution in [3.05, 3.63) is 0 Å². The molecule has 4 aliphatic carbocycles. The molecule has 0 aliphatic heterocycles. The first-order chi connectivity index (χ1) is 14.4. The molecule has 0 aromatic heterocycles. The summed E-state index contributed by atoms with van der Waals surface area (Å²) in [6, 6.07) is 0. The molecule has 0 bridgehead atoms. The van der Waals surface area contributed by atoms with Crippen molar-refractivity contribution in [2.45, 2.75) is 109 Å². The van der Waals surface area contributed by atoms with E-state index in [4.69, 9.17) is 0 Å². The van der Waals surface area contributed by atoms with Crippen LogP contribution in [-0.2, 0) is 4.79 Å². The number of aliphatic hydroxyl groups is 2. The normalized spacial score (nSPS) is 46.0. The second kappa shape index (κ2) is 8.20. The highest BCUT2D eigenvalue weighted by molar-refractivity contribution is 7.99. The molecule has 31 heavy (non-hydrogen) atoms. The van der Waals surface area contributed by atoms with Crippen LogP contribution in [0.2, 0.25) is 0 Å². The Balaban J connectivity index is 1.46. The number of rotatable bonds is 6. The molecule has 178 valence electrons. The Bertz CT molecular complexity index is 695. The molecule has 5 heteroatoms. The van der Waals surface area contributed by atoms with E-state index in [1.165, 1.54) is 56.7 Å². The van der Waals surface area contributed by atoms with Crippen molar-refractivity contribution >= 4 is 17.7 Å². The molecule has 3 N–H and O–H groups in total. The number of carboxylic acid groups (broad SMARTS) is 1. The van der Waals surface area contributed by atoms with Crippen molar-refractivity contribution in [1.82, 2.24) is 0 Å². The third kappa shape index (κ3) is 3.89. The van der Waals surface area contributed by atoms with Crippen LogP contribution >= 0.6 is 11.8 Å². The maximum Gasteiger partial charge on any atom is 0.309 e. The van der Waals surface area contributed by atoms with Crippen molar-refractivity contribution in [3.63, 3.8) is 0 Å². The highest BCUT2D eigenvalue weighted by atomic mass is 32.2. The quantitative estimate of drug-likeness (QED) is 0.450. The number of fused-ring (bicyclic) bond motifs is 5. The third-order valence-electron chi connectivity index (χ3n) is 10.6. The Morgan fingerprint density at radius 1 is 1.03 bits per heavy atom. The Morgan fingerprint density at radius 3 is 2.45 bits per heavy atom. The summed E-state index contributed by atoms with van der Waals surface area (Å²) in [5.41, 5.74) is -2.06. The molecule has 4 aliphatic rings. The maximum atomic E-state index is 11.9. The molecule has 0 amide bonds. The largest absolute Gasteiger partial charge is 0.481 e. The topological polar surface area (TPSA) is 77.8 Å². The van der Waals surface area contributed by atoms with Gasteiger partial charge in [-0.15, -0.1) is 11.8 Å². The molecule has 0 aromatic carbocycles. The van der Waals surface area contributed by atoms with Crippen LogP contribution < -0.4 is 0 Å². The van der Waals surface area contributed by atoms with E-state index in [2.05, 4.69) is 13.8 Å². The molecule has 0 radical (unpaired) electrons. The number of hydrogen-bond acceptors (Lipinski definition) is 4. The third-order valence-corrected chi connectivity index (χ3v) is 12.1. The zero-order valence-corrected chi connectivity index (χ0v) is 20.8. The van der Waals surface area contributed by atoms with Crippen molar-refractivity contribution in [1.29, 1.82) is 0 Å². The Kier molecular flexibility index (Phi) is 6.32. The van der Waals surface area contributed by atoms with Gasteiger partial charge in [-0.05, 0) is 99.7 Å². The summed E-state index contributed by atoms with van der Waals surface area (Å²) >= 11 is 1.29. The lowest BCUT2D eigenvalue weighted by atomic mass is 9.44. The van der Waals surface area contributed by atoms with Crippen LogP contribution in [0.3, 0.4) is 0 Å². The number of aliphatic hydroxyl groups excluding tert-OH is 1. The van der Waals surface area contributed by atoms with Gasteiger partial charge in [0.15, 0.2) is 0 Å². The first-order valence-electron chi connectivity index (χ1n) is 12.7. The molecule has 8 atom stereocenters. The molecule has 0 aromatic rings. The summed E-state index contributed by atoms with van der Waals surface area (Å²) in [6.45, 7) is 8.27. The zero-order valence-electron chi connectivity index (χ0n) is 20.0. The number of carboxylic acids is 1. The van der Waals surface area contributed by atoms with Crippen molar-refractivity contribution < 1.29 is 20.1 Å². The average molecular weight is 453 g/mol. The minimum absolute atomic E-state index is 0.129. The molecule has 4 fully saturated rings. The van der Waals surface area contributed by atoms with Crippen LogP contribution in [0.5, 0.6) is 0 Å². The maximum absolute atomic E-state index is 11.9. The highest BCUT2D eigenvalue weighted by Crippen LogP contribution is 2.68. The van der Waals surface area contributed by atoms with Crippen LogP contribution in [0.15, 0.2) is 0 Å². The Labute approximate surface area is 193 Å². The first-order valence-corrected chi connectivity index (χ1v) is 13.7. The van der Waals surface area contributed by atoms with Gasteiger partial charge >= 0.3 is 5.97 Å². The Morgan fingerprint density at radius 2 is 1.74 bits per heavy atom. The van der Waals surface area contributed by atoms with Crippen LogP contribution in [0.4, 0.5) is 0 Å². The number of carbonyl (C=O) groups is 1. The Hall–Kier alpha value is -0.260. The number of aliphatic carboxylic acids is 1. The van der Waals surface area contributed by atoms with E-state index < -0.39 is 22.4 Å². The lowest BCUT2D eigenvalue weighted by Gasteiger charge is -2.61. The predicted octanol–water partition coefficient (Wildman–Crippen LogP) is 5.70. The summed E-state index contributed by atoms with van der Waals surface area (Å²) in [5, 5.41) is 32.0. The van der Waals surface area contributed by atoms with Gasteiger partial charge in [-0.2, -0.15) is 0 Å². The van der Waals surface area contributed by atoms with E-state index >= 15 is 0 Å². The molecule has 0 spiro atoms. The minimum atomic E-state index is -0.873. The molecular weight excluding hydrogens is 408 g/mol. The monoisotopic (exact) mass is 452 g/mol. The summed E-state index contributed by atoms with van der Waals surface area (Å²) < 4.78 is 0. The number of hydrogen-bond donors (Lipinski definition) is 3. The minimum Gasteiger partial charge on any atom is -0.481 e. The van der Waals surface area contributed by atoms with Gasteiger partial charge in [0.05, 0.1) is 11.0 Å². The van der Waals surface area contributed by atoms with Crippen molar-refractivity contribution in [2.24, 2.45) is 39.9 Å². The molecule has 0 heterocycles. The molecular formula is C26H44O4S. The van der Waals surface area contributed by atoms with Crippen LogP contribution in [0.25, 0.3) is 0 Å². The van der Waals surface area contributed by atoms with E-state index in [0.717, 1.165) is 37.0 Å². The lowest BCUT2D eigenvalue weighted by Crippen LogP contribution is -2.56. The van der Waals surface area contributed by atoms with Gasteiger partial charge in [0.2, 0.25) is 0 Å². The molecule has 5 unspecified atom stereocenters. The fourth-order valence-electron chi connectivity index (χ4n) is 8.45. The lowest BCUT2D eigenvalue weighted by molar-refractivity contribution is -0.157. The summed E-state index contributed by atoms with van der Waals surface area (Å²) in [7, 11) is 0. The van der Waals surface area contributed by atoms with Crippen molar-refractivity contribution in [3.8, 4) is 0 Å². The van der Waals surface area contributed by atoms with Crippen molar-refractivity contribution in [2.75, 3.05) is 5.75 Å². The number of thioether (sulfide) groups is 1. The first kappa shape index (κ1) is 23.9. The molecule has 0 saturated heterocycles.